The van der Waals surface area contributed by atoms with E-state index in [1.54, 1.807) is 40.7 Å². The first kappa shape index (κ1) is 33.1. The van der Waals surface area contributed by atoms with Crippen LogP contribution < -0.4 is 5.73 Å². The molecule has 2 aliphatic rings. The summed E-state index contributed by atoms with van der Waals surface area (Å²) in [7, 11) is -1.42. The molecule has 3 atom stereocenters. The molecule has 1 amide bonds. The van der Waals surface area contributed by atoms with Crippen molar-refractivity contribution in [3.05, 3.63) is 41.2 Å². The summed E-state index contributed by atoms with van der Waals surface area (Å²) in [5, 5.41) is 0.119. The average Bonchev–Trinajstić information content (AvgIpc) is 3.57. The molecule has 0 unspecified atom stereocenters. The third-order valence-electron chi connectivity index (χ3n) is 6.89. The van der Waals surface area contributed by atoms with Crippen LogP contribution in [0.25, 0.3) is 0 Å². The van der Waals surface area contributed by atoms with Crippen molar-refractivity contribution in [2.45, 2.75) is 82.6 Å². The summed E-state index contributed by atoms with van der Waals surface area (Å²) in [4.78, 5) is 32.0. The van der Waals surface area contributed by atoms with Gasteiger partial charge in [0.25, 0.3) is 0 Å². The molecule has 1 aliphatic heterocycles. The second kappa shape index (κ2) is 12.4. The molecule has 1 saturated carbocycles. The maximum atomic E-state index is 15.3. The van der Waals surface area contributed by atoms with Gasteiger partial charge in [-0.3, -0.25) is 0 Å². The number of benzene rings is 1. The third-order valence-corrected chi connectivity index (χ3v) is 10.0. The average molecular weight is 612 g/mol. The van der Waals surface area contributed by atoms with Crippen LogP contribution in [0.4, 0.5) is 19.3 Å². The summed E-state index contributed by atoms with van der Waals surface area (Å²) in [6.45, 7) is 14.6. The number of rotatable bonds is 10. The van der Waals surface area contributed by atoms with Crippen molar-refractivity contribution in [2.75, 3.05) is 32.4 Å². The molecule has 3 rings (SSSR count). The molecular formula is C29H43F2N3O5SSi. The third kappa shape index (κ3) is 7.89. The van der Waals surface area contributed by atoms with Gasteiger partial charge < -0.3 is 19.9 Å². The first-order chi connectivity index (χ1) is 19.0. The minimum absolute atomic E-state index is 0.00403. The number of amides is 1. The van der Waals surface area contributed by atoms with Gasteiger partial charge in [-0.2, -0.15) is 0 Å². The van der Waals surface area contributed by atoms with Gasteiger partial charge in [0.2, 0.25) is 0 Å². The van der Waals surface area contributed by atoms with Crippen LogP contribution in [0.15, 0.2) is 34.8 Å². The lowest BCUT2D eigenvalue weighted by molar-refractivity contribution is -0.138. The summed E-state index contributed by atoms with van der Waals surface area (Å²) in [6.07, 6.45) is 1.39. The van der Waals surface area contributed by atoms with Crippen LogP contribution >= 0.6 is 11.8 Å². The molecule has 1 aliphatic carbocycles. The number of thioether (sulfide) groups is 1. The summed E-state index contributed by atoms with van der Waals surface area (Å²) < 4.78 is 46.6. The predicted molar refractivity (Wildman–Crippen MR) is 162 cm³/mol. The number of anilines is 1. The molecule has 12 heteroatoms. The maximum Gasteiger partial charge on any atom is 0.418 e. The fraction of sp³-hybridized carbons (Fsp3) is 0.621. The Bertz CT molecular complexity index is 1220. The second-order valence-electron chi connectivity index (χ2n) is 12.8. The van der Waals surface area contributed by atoms with Crippen molar-refractivity contribution in [3.63, 3.8) is 0 Å². The summed E-state index contributed by atoms with van der Waals surface area (Å²) in [5.74, 6) is -1.67. The molecule has 41 heavy (non-hydrogen) atoms. The number of halogens is 2. The maximum absolute atomic E-state index is 15.3. The highest BCUT2D eigenvalue weighted by atomic mass is 32.2. The monoisotopic (exact) mass is 611 g/mol. The van der Waals surface area contributed by atoms with Gasteiger partial charge >= 0.3 is 12.1 Å². The standard InChI is InChI=1S/C29H43F2N3O5SSi/c1-9-38-24(35)19(2)15-28-16-23(28)29(17-30,21-14-20(32)10-11-22(21)31)33-25(40-28)34(26(36)39-27(3,4)5)18-37-12-13-41(6,7)8/h10-11,14-15,23H,9,12-13,16-18,32H2,1-8H3/b19-15+/t23-,28+,29-/m1/s1. The molecule has 1 aromatic rings. The van der Waals surface area contributed by atoms with Crippen molar-refractivity contribution in [2.24, 2.45) is 10.9 Å². The number of alkyl halides is 1. The molecule has 8 nitrogen and oxygen atoms in total. The fourth-order valence-corrected chi connectivity index (χ4v) is 7.08. The first-order valence-corrected chi connectivity index (χ1v) is 18.3. The van der Waals surface area contributed by atoms with E-state index < -0.39 is 54.4 Å². The van der Waals surface area contributed by atoms with Crippen LogP contribution in [0.5, 0.6) is 0 Å². The Hall–Kier alpha value is -2.44. The van der Waals surface area contributed by atoms with Crippen LogP contribution in [0.2, 0.25) is 25.7 Å². The largest absolute Gasteiger partial charge is 0.463 e. The smallest absolute Gasteiger partial charge is 0.418 e. The molecule has 0 spiro atoms. The Morgan fingerprint density at radius 2 is 1.98 bits per heavy atom. The Labute approximate surface area is 247 Å². The van der Waals surface area contributed by atoms with Crippen LogP contribution in [0.3, 0.4) is 0 Å². The number of fused-ring (bicyclic) bond motifs is 1. The number of aliphatic imine (C=N–C) groups is 1. The normalized spacial score (nSPS) is 24.3. The van der Waals surface area contributed by atoms with E-state index in [2.05, 4.69) is 19.6 Å². The number of hydrogen-bond acceptors (Lipinski definition) is 8. The van der Waals surface area contributed by atoms with Crippen molar-refractivity contribution in [1.29, 1.82) is 0 Å². The van der Waals surface area contributed by atoms with Gasteiger partial charge in [-0.1, -0.05) is 37.5 Å². The summed E-state index contributed by atoms with van der Waals surface area (Å²) >= 11 is 1.22. The Morgan fingerprint density at radius 3 is 2.56 bits per heavy atom. The summed E-state index contributed by atoms with van der Waals surface area (Å²) in [5.41, 5.74) is 4.07. The highest BCUT2D eigenvalue weighted by Gasteiger charge is 2.68. The van der Waals surface area contributed by atoms with Crippen molar-refractivity contribution < 1.29 is 32.6 Å². The van der Waals surface area contributed by atoms with Gasteiger partial charge in [0, 0.05) is 42.2 Å². The minimum Gasteiger partial charge on any atom is -0.463 e. The fourth-order valence-electron chi connectivity index (χ4n) is 4.72. The molecule has 0 saturated heterocycles. The number of nitrogens with zero attached hydrogens (tertiary/aromatic N) is 2. The quantitative estimate of drug-likeness (QED) is 0.0805. The number of carbonyl (C=O) groups is 2. The van der Waals surface area contributed by atoms with Crippen LogP contribution in [0.1, 0.15) is 46.6 Å². The molecule has 228 valence electrons. The lowest BCUT2D eigenvalue weighted by Crippen LogP contribution is -2.47. The Kier molecular flexibility index (Phi) is 10.0. The molecule has 1 fully saturated rings. The SMILES string of the molecule is CCOC(=O)/C(C)=C/[C@]12C[C@H]1[C@@](CF)(c1cc(N)ccc1F)N=C(N(COCC[Si](C)(C)C)C(=O)OC(C)(C)C)S2. The van der Waals surface area contributed by atoms with Gasteiger partial charge in [-0.15, -0.1) is 0 Å². The van der Waals surface area contributed by atoms with Crippen LogP contribution in [-0.2, 0) is 24.5 Å². The van der Waals surface area contributed by atoms with E-state index in [1.165, 1.54) is 34.9 Å². The second-order valence-corrected chi connectivity index (χ2v) is 19.8. The minimum atomic E-state index is -1.69. The topological polar surface area (TPSA) is 103 Å². The van der Waals surface area contributed by atoms with E-state index >= 15 is 8.78 Å². The van der Waals surface area contributed by atoms with E-state index in [0.717, 1.165) is 6.04 Å². The number of esters is 1. The molecule has 1 aromatic carbocycles. The van der Waals surface area contributed by atoms with Gasteiger partial charge in [0.1, 0.15) is 30.4 Å². The number of nitrogens with two attached hydrogens (primary N) is 1. The van der Waals surface area contributed by atoms with Crippen molar-refractivity contribution in [1.82, 2.24) is 4.90 Å². The van der Waals surface area contributed by atoms with Crippen molar-refractivity contribution in [3.8, 4) is 0 Å². The van der Waals surface area contributed by atoms with E-state index in [-0.39, 0.29) is 29.8 Å². The molecule has 2 N–H and O–H groups in total. The van der Waals surface area contributed by atoms with E-state index in [0.29, 0.717) is 18.6 Å². The van der Waals surface area contributed by atoms with E-state index in [1.807, 2.05) is 0 Å². The van der Waals surface area contributed by atoms with Crippen LogP contribution in [-0.4, -0.2) is 67.2 Å². The van der Waals surface area contributed by atoms with E-state index in [4.69, 9.17) is 24.9 Å². The van der Waals surface area contributed by atoms with Crippen LogP contribution in [0, 0.1) is 11.7 Å². The van der Waals surface area contributed by atoms with Gasteiger partial charge in [-0.05, 0) is 65.3 Å². The number of hydrogen-bond donors (Lipinski definition) is 1. The van der Waals surface area contributed by atoms with Gasteiger partial charge in [-0.25, -0.2) is 28.3 Å². The number of carbonyl (C=O) groups excluding carboxylic acids is 2. The molecular weight excluding hydrogens is 568 g/mol. The number of nitrogen functional groups attached to an aromatic ring is 1. The Balaban J connectivity index is 2.14. The van der Waals surface area contributed by atoms with E-state index in [9.17, 15) is 9.59 Å². The summed E-state index contributed by atoms with van der Waals surface area (Å²) in [6, 6.07) is 4.84. The van der Waals surface area contributed by atoms with Gasteiger partial charge in [0.15, 0.2) is 5.17 Å². The Morgan fingerprint density at radius 1 is 1.29 bits per heavy atom. The predicted octanol–water partition coefficient (Wildman–Crippen LogP) is 6.49. The number of ether oxygens (including phenoxy) is 3. The zero-order valence-corrected chi connectivity index (χ0v) is 27.1. The molecule has 0 aromatic heterocycles. The highest BCUT2D eigenvalue weighted by molar-refractivity contribution is 8.15. The van der Waals surface area contributed by atoms with Crippen molar-refractivity contribution >= 4 is 42.8 Å². The molecule has 1 heterocycles. The zero-order valence-electron chi connectivity index (χ0n) is 25.3. The lowest BCUT2D eigenvalue weighted by atomic mass is 9.84. The zero-order chi connectivity index (χ0) is 30.8. The lowest BCUT2D eigenvalue weighted by Gasteiger charge is -2.38. The number of amidine groups is 1. The molecule has 0 bridgehead atoms. The van der Waals surface area contributed by atoms with Gasteiger partial charge in [0.05, 0.1) is 6.61 Å². The highest BCUT2D eigenvalue weighted by Crippen LogP contribution is 2.68. The first-order valence-electron chi connectivity index (χ1n) is 13.8. The molecule has 0 radical (unpaired) electrons.